The van der Waals surface area contributed by atoms with E-state index in [1.165, 1.54) is 7.11 Å². The highest BCUT2D eigenvalue weighted by atomic mass is 32.2. The molecule has 0 saturated heterocycles. The molecule has 0 unspecified atom stereocenters. The Morgan fingerprint density at radius 3 is 2.87 bits per heavy atom. The third-order valence-electron chi connectivity index (χ3n) is 4.23. The van der Waals surface area contributed by atoms with Crippen LogP contribution in [0.4, 0.5) is 11.4 Å². The number of methoxy groups -OCH3 is 1. The van der Waals surface area contributed by atoms with Crippen LogP contribution >= 0.6 is 0 Å². The minimum absolute atomic E-state index is 0.0920. The van der Waals surface area contributed by atoms with Gasteiger partial charge in [-0.1, -0.05) is 6.07 Å². The van der Waals surface area contributed by atoms with Gasteiger partial charge in [0.05, 0.1) is 18.0 Å². The topological polar surface area (TPSA) is 75.7 Å². The third-order valence-corrected chi connectivity index (χ3v) is 5.48. The van der Waals surface area contributed by atoms with E-state index < -0.39 is 10.0 Å². The molecule has 2 aliphatic rings. The smallest absolute Gasteiger partial charge is 0.235 e. The molecule has 0 radical (unpaired) electrons. The fourth-order valence-electron chi connectivity index (χ4n) is 2.84. The van der Waals surface area contributed by atoms with Gasteiger partial charge >= 0.3 is 0 Å². The van der Waals surface area contributed by atoms with Gasteiger partial charge in [-0.2, -0.15) is 0 Å². The van der Waals surface area contributed by atoms with E-state index in [9.17, 15) is 13.2 Å². The van der Waals surface area contributed by atoms with Crippen molar-refractivity contribution in [3.8, 4) is 0 Å². The van der Waals surface area contributed by atoms with Gasteiger partial charge in [0.1, 0.15) is 0 Å². The van der Waals surface area contributed by atoms with Crippen LogP contribution < -0.4 is 9.62 Å². The highest BCUT2D eigenvalue weighted by Gasteiger charge is 2.35. The van der Waals surface area contributed by atoms with Crippen molar-refractivity contribution in [2.45, 2.75) is 25.7 Å². The monoisotopic (exact) mass is 338 g/mol. The first kappa shape index (κ1) is 16.3. The van der Waals surface area contributed by atoms with E-state index in [-0.39, 0.29) is 24.2 Å². The third kappa shape index (κ3) is 3.84. The fourth-order valence-corrected chi connectivity index (χ4v) is 3.82. The number of nitrogens with one attached hydrogen (secondary N) is 1. The number of nitrogens with zero attached hydrogens (tertiary/aromatic N) is 1. The quantitative estimate of drug-likeness (QED) is 0.858. The number of aryl methyl sites for hydroxylation is 1. The molecule has 0 aromatic heterocycles. The number of hydrogen-bond donors (Lipinski definition) is 1. The molecule has 0 bridgehead atoms. The van der Waals surface area contributed by atoms with Crippen LogP contribution in [0.15, 0.2) is 18.2 Å². The van der Waals surface area contributed by atoms with Crippen molar-refractivity contribution in [3.63, 3.8) is 0 Å². The summed E-state index contributed by atoms with van der Waals surface area (Å²) in [6.07, 6.45) is 3.80. The van der Waals surface area contributed by atoms with Crippen LogP contribution in [0.5, 0.6) is 0 Å². The maximum absolute atomic E-state index is 12.4. The Morgan fingerprint density at radius 2 is 2.17 bits per heavy atom. The normalized spacial score (nSPS) is 17.7. The molecular formula is C16H22N2O4S. The van der Waals surface area contributed by atoms with Gasteiger partial charge in [0.15, 0.2) is 0 Å². The molecule has 1 aliphatic heterocycles. The molecule has 1 aromatic carbocycles. The van der Waals surface area contributed by atoms with Gasteiger partial charge in [0.25, 0.3) is 0 Å². The van der Waals surface area contributed by atoms with Gasteiger partial charge in [-0.15, -0.1) is 0 Å². The predicted octanol–water partition coefficient (Wildman–Crippen LogP) is 1.76. The molecule has 1 fully saturated rings. The minimum atomic E-state index is -3.44. The zero-order valence-corrected chi connectivity index (χ0v) is 14.1. The van der Waals surface area contributed by atoms with Crippen LogP contribution in [0.1, 0.15) is 24.8 Å². The summed E-state index contributed by atoms with van der Waals surface area (Å²) in [6, 6.07) is 5.45. The molecular weight excluding hydrogens is 316 g/mol. The summed E-state index contributed by atoms with van der Waals surface area (Å²) in [5, 5.41) is 0. The maximum Gasteiger partial charge on any atom is 0.235 e. The number of amides is 1. The summed E-state index contributed by atoms with van der Waals surface area (Å²) >= 11 is 0. The molecule has 1 aromatic rings. The number of fused-ring (bicyclic) bond motifs is 1. The summed E-state index contributed by atoms with van der Waals surface area (Å²) in [4.78, 5) is 14.3. The zero-order chi connectivity index (χ0) is 16.4. The molecule has 1 saturated carbocycles. The minimum Gasteiger partial charge on any atom is -0.384 e. The molecule has 6 nitrogen and oxygen atoms in total. The highest BCUT2D eigenvalue weighted by Crippen LogP contribution is 2.37. The number of benzene rings is 1. The molecule has 1 aliphatic carbocycles. The van der Waals surface area contributed by atoms with Crippen LogP contribution in [0.3, 0.4) is 0 Å². The number of anilines is 2. The molecule has 3 rings (SSSR count). The molecule has 1 heterocycles. The SMILES string of the molecule is COCCS(=O)(=O)Nc1ccc2c(c1)N(C(=O)C1CC1)CCC2. The number of sulfonamides is 1. The maximum atomic E-state index is 12.4. The Bertz CT molecular complexity index is 698. The van der Waals surface area contributed by atoms with Crippen molar-refractivity contribution in [1.82, 2.24) is 0 Å². The number of hydrogen-bond acceptors (Lipinski definition) is 4. The standard InChI is InChI=1S/C16H22N2O4S/c1-22-9-10-23(20,21)17-14-7-6-12-3-2-8-18(15(12)11-14)16(19)13-4-5-13/h6-7,11,13,17H,2-5,8-10H2,1H3. The first-order chi connectivity index (χ1) is 11.0. The Balaban J connectivity index is 1.82. The van der Waals surface area contributed by atoms with Gasteiger partial charge < -0.3 is 9.64 Å². The van der Waals surface area contributed by atoms with Gasteiger partial charge in [-0.3, -0.25) is 9.52 Å². The number of carbonyl (C=O) groups excluding carboxylic acids is 1. The van der Waals surface area contributed by atoms with Crippen LogP contribution in [0.2, 0.25) is 0 Å². The first-order valence-electron chi connectivity index (χ1n) is 7.94. The molecule has 7 heteroatoms. The van der Waals surface area contributed by atoms with Crippen molar-refractivity contribution in [1.29, 1.82) is 0 Å². The van der Waals surface area contributed by atoms with Crippen LogP contribution in [-0.2, 0) is 26.0 Å². The molecule has 1 amide bonds. The van der Waals surface area contributed by atoms with Gasteiger partial charge in [0, 0.05) is 25.3 Å². The molecule has 126 valence electrons. The number of carbonyl (C=O) groups is 1. The lowest BCUT2D eigenvalue weighted by molar-refractivity contribution is -0.119. The van der Waals surface area contributed by atoms with E-state index in [0.29, 0.717) is 12.2 Å². The van der Waals surface area contributed by atoms with Crippen molar-refractivity contribution in [2.24, 2.45) is 5.92 Å². The molecule has 23 heavy (non-hydrogen) atoms. The average Bonchev–Trinajstić information content (AvgIpc) is 3.36. The molecule has 1 N–H and O–H groups in total. The lowest BCUT2D eigenvalue weighted by Crippen LogP contribution is -2.36. The Hall–Kier alpha value is -1.60. The number of rotatable bonds is 6. The van der Waals surface area contributed by atoms with Crippen molar-refractivity contribution in [3.05, 3.63) is 23.8 Å². The highest BCUT2D eigenvalue weighted by molar-refractivity contribution is 7.92. The van der Waals surface area contributed by atoms with Gasteiger partial charge in [0.2, 0.25) is 15.9 Å². The molecule has 0 spiro atoms. The van der Waals surface area contributed by atoms with E-state index in [1.807, 2.05) is 11.0 Å². The summed E-state index contributed by atoms with van der Waals surface area (Å²) in [6.45, 7) is 0.856. The lowest BCUT2D eigenvalue weighted by Gasteiger charge is -2.30. The van der Waals surface area contributed by atoms with Crippen molar-refractivity contribution < 1.29 is 17.9 Å². The van der Waals surface area contributed by atoms with Gasteiger partial charge in [-0.05, 0) is 43.4 Å². The average molecular weight is 338 g/mol. The number of ether oxygens (including phenoxy) is 1. The molecule has 0 atom stereocenters. The zero-order valence-electron chi connectivity index (χ0n) is 13.2. The second-order valence-electron chi connectivity index (χ2n) is 6.12. The summed E-state index contributed by atoms with van der Waals surface area (Å²) in [5.74, 6) is 0.235. The van der Waals surface area contributed by atoms with E-state index >= 15 is 0 Å². The van der Waals surface area contributed by atoms with Crippen molar-refractivity contribution >= 4 is 27.3 Å². The van der Waals surface area contributed by atoms with Gasteiger partial charge in [-0.25, -0.2) is 8.42 Å². The first-order valence-corrected chi connectivity index (χ1v) is 9.59. The van der Waals surface area contributed by atoms with Crippen LogP contribution in [0, 0.1) is 5.92 Å². The lowest BCUT2D eigenvalue weighted by atomic mass is 10.0. The summed E-state index contributed by atoms with van der Waals surface area (Å²) in [7, 11) is -1.98. The largest absolute Gasteiger partial charge is 0.384 e. The second-order valence-corrected chi connectivity index (χ2v) is 7.97. The Labute approximate surface area is 136 Å². The van der Waals surface area contributed by atoms with Crippen LogP contribution in [-0.4, -0.2) is 40.3 Å². The van der Waals surface area contributed by atoms with E-state index in [0.717, 1.165) is 36.9 Å². The second kappa shape index (κ2) is 6.49. The fraction of sp³-hybridized carbons (Fsp3) is 0.562. The van der Waals surface area contributed by atoms with E-state index in [2.05, 4.69) is 4.72 Å². The summed E-state index contributed by atoms with van der Waals surface area (Å²) in [5.41, 5.74) is 2.44. The van der Waals surface area contributed by atoms with E-state index in [4.69, 9.17) is 4.74 Å². The predicted molar refractivity (Wildman–Crippen MR) is 89.1 cm³/mol. The Kier molecular flexibility index (Phi) is 4.59. The van der Waals surface area contributed by atoms with Crippen LogP contribution in [0.25, 0.3) is 0 Å². The Morgan fingerprint density at radius 1 is 1.39 bits per heavy atom. The van der Waals surface area contributed by atoms with E-state index in [1.54, 1.807) is 12.1 Å². The summed E-state index contributed by atoms with van der Waals surface area (Å²) < 4.78 is 31.4. The van der Waals surface area contributed by atoms with Crippen molar-refractivity contribution in [2.75, 3.05) is 35.6 Å².